The third-order valence-corrected chi connectivity index (χ3v) is 6.75. The van der Waals surface area contributed by atoms with Gasteiger partial charge in [0.05, 0.1) is 22.9 Å². The van der Waals surface area contributed by atoms with E-state index < -0.39 is 15.9 Å². The lowest BCUT2D eigenvalue weighted by atomic mass is 10.0. The van der Waals surface area contributed by atoms with Gasteiger partial charge in [-0.25, -0.2) is 8.42 Å². The van der Waals surface area contributed by atoms with Crippen molar-refractivity contribution in [2.75, 3.05) is 16.6 Å². The molecule has 3 aromatic carbocycles. The molecule has 0 atom stereocenters. The first kappa shape index (κ1) is 24.6. The Hall–Kier alpha value is -3.03. The molecule has 2 N–H and O–H groups in total. The molecule has 3 aromatic rings. The summed E-state index contributed by atoms with van der Waals surface area (Å²) in [5, 5.41) is 3.27. The Balaban J connectivity index is 1.97. The highest BCUT2D eigenvalue weighted by molar-refractivity contribution is 7.92. The molecule has 33 heavy (non-hydrogen) atoms. The predicted molar refractivity (Wildman–Crippen MR) is 133 cm³/mol. The smallest absolute Gasteiger partial charge is 0.261 e. The summed E-state index contributed by atoms with van der Waals surface area (Å²) < 4.78 is 34.9. The number of carbonyl (C=O) groups excluding carboxylic acids is 1. The SMILES string of the molecule is CCOc1ccc(S(=O)(=O)Nc2c(CC)cccc2CC)cc1NC(=O)c1ccc(Cl)cc1. The second-order valence-corrected chi connectivity index (χ2v) is 9.43. The molecule has 0 saturated carbocycles. The zero-order valence-corrected chi connectivity index (χ0v) is 20.4. The van der Waals surface area contributed by atoms with Crippen molar-refractivity contribution in [3.63, 3.8) is 0 Å². The number of hydrogen-bond donors (Lipinski definition) is 2. The van der Waals surface area contributed by atoms with Gasteiger partial charge in [-0.3, -0.25) is 9.52 Å². The van der Waals surface area contributed by atoms with Crippen LogP contribution in [0.25, 0.3) is 0 Å². The van der Waals surface area contributed by atoms with Gasteiger partial charge < -0.3 is 10.1 Å². The first-order valence-electron chi connectivity index (χ1n) is 10.8. The third kappa shape index (κ3) is 5.86. The molecule has 0 aliphatic carbocycles. The van der Waals surface area contributed by atoms with Crippen molar-refractivity contribution in [3.8, 4) is 5.75 Å². The van der Waals surface area contributed by atoms with Crippen LogP contribution >= 0.6 is 11.6 Å². The van der Waals surface area contributed by atoms with Crippen molar-refractivity contribution in [2.24, 2.45) is 0 Å². The van der Waals surface area contributed by atoms with Crippen LogP contribution in [0.4, 0.5) is 11.4 Å². The van der Waals surface area contributed by atoms with Crippen molar-refractivity contribution in [1.82, 2.24) is 0 Å². The Kier molecular flexibility index (Phi) is 8.00. The summed E-state index contributed by atoms with van der Waals surface area (Å²) in [7, 11) is -3.91. The molecule has 0 aliphatic rings. The van der Waals surface area contributed by atoms with Gasteiger partial charge in [0, 0.05) is 10.6 Å². The minimum absolute atomic E-state index is 0.0188. The number of benzene rings is 3. The van der Waals surface area contributed by atoms with Crippen LogP contribution in [-0.2, 0) is 22.9 Å². The van der Waals surface area contributed by atoms with Crippen molar-refractivity contribution >= 4 is 38.9 Å². The van der Waals surface area contributed by atoms with Gasteiger partial charge in [0.2, 0.25) is 0 Å². The highest BCUT2D eigenvalue weighted by Crippen LogP contribution is 2.31. The normalized spacial score (nSPS) is 11.2. The Morgan fingerprint density at radius 1 is 0.939 bits per heavy atom. The van der Waals surface area contributed by atoms with Crippen LogP contribution in [-0.4, -0.2) is 20.9 Å². The van der Waals surface area contributed by atoms with Crippen LogP contribution < -0.4 is 14.8 Å². The molecule has 0 bridgehead atoms. The highest BCUT2D eigenvalue weighted by Gasteiger charge is 2.21. The number of carbonyl (C=O) groups is 1. The first-order valence-corrected chi connectivity index (χ1v) is 12.6. The number of anilines is 2. The van der Waals surface area contributed by atoms with Crippen LogP contribution in [0.3, 0.4) is 0 Å². The molecule has 174 valence electrons. The zero-order chi connectivity index (χ0) is 24.0. The molecule has 1 amide bonds. The second kappa shape index (κ2) is 10.7. The highest BCUT2D eigenvalue weighted by atomic mass is 35.5. The number of aryl methyl sites for hydroxylation is 2. The summed E-state index contributed by atoms with van der Waals surface area (Å²) in [6, 6.07) is 16.6. The van der Waals surface area contributed by atoms with Crippen molar-refractivity contribution in [1.29, 1.82) is 0 Å². The molecule has 0 saturated heterocycles. The van der Waals surface area contributed by atoms with Crippen molar-refractivity contribution in [2.45, 2.75) is 38.5 Å². The lowest BCUT2D eigenvalue weighted by Gasteiger charge is -2.17. The van der Waals surface area contributed by atoms with Gasteiger partial charge in [0.25, 0.3) is 15.9 Å². The zero-order valence-electron chi connectivity index (χ0n) is 18.8. The maximum absolute atomic E-state index is 13.3. The maximum Gasteiger partial charge on any atom is 0.261 e. The molecule has 0 heterocycles. The average Bonchev–Trinajstić information content (AvgIpc) is 2.80. The van der Waals surface area contributed by atoms with E-state index in [1.165, 1.54) is 12.1 Å². The quantitative estimate of drug-likeness (QED) is 0.393. The summed E-state index contributed by atoms with van der Waals surface area (Å²) in [5.41, 5.74) is 3.08. The molecule has 3 rings (SSSR count). The Morgan fingerprint density at radius 2 is 1.58 bits per heavy atom. The summed E-state index contributed by atoms with van der Waals surface area (Å²) in [4.78, 5) is 12.7. The van der Waals surface area contributed by atoms with E-state index in [4.69, 9.17) is 16.3 Å². The molecule has 0 fully saturated rings. The van der Waals surface area contributed by atoms with Gasteiger partial charge >= 0.3 is 0 Å². The van der Waals surface area contributed by atoms with Gasteiger partial charge in [-0.2, -0.15) is 0 Å². The van der Waals surface area contributed by atoms with E-state index in [1.807, 2.05) is 39.0 Å². The van der Waals surface area contributed by atoms with Gasteiger partial charge in [-0.15, -0.1) is 0 Å². The van der Waals surface area contributed by atoms with E-state index in [1.54, 1.807) is 30.3 Å². The number of sulfonamides is 1. The minimum Gasteiger partial charge on any atom is -0.492 e. The molecular formula is C25H27ClN2O4S. The fourth-order valence-electron chi connectivity index (χ4n) is 3.42. The fraction of sp³-hybridized carbons (Fsp3) is 0.240. The van der Waals surface area contributed by atoms with Gasteiger partial charge in [0.1, 0.15) is 5.75 Å². The van der Waals surface area contributed by atoms with Gasteiger partial charge in [0.15, 0.2) is 0 Å². The van der Waals surface area contributed by atoms with Crippen LogP contribution in [0.2, 0.25) is 5.02 Å². The van der Waals surface area contributed by atoms with Crippen molar-refractivity contribution < 1.29 is 17.9 Å². The topological polar surface area (TPSA) is 84.5 Å². The second-order valence-electron chi connectivity index (χ2n) is 7.32. The predicted octanol–water partition coefficient (Wildman–Crippen LogP) is 5.92. The third-order valence-electron chi connectivity index (χ3n) is 5.15. The van der Waals surface area contributed by atoms with Crippen LogP contribution in [0.1, 0.15) is 42.3 Å². The standard InChI is InChI=1S/C25H27ClN2O4S/c1-4-17-8-7-9-18(5-2)24(17)28-33(30,31)21-14-15-23(32-6-3)22(16-21)27-25(29)19-10-12-20(26)13-11-19/h7-16,28H,4-6H2,1-3H3,(H,27,29). The Labute approximate surface area is 200 Å². The molecule has 0 spiro atoms. The van der Waals surface area contributed by atoms with E-state index >= 15 is 0 Å². The van der Waals surface area contributed by atoms with Gasteiger partial charge in [-0.05, 0) is 73.4 Å². The Morgan fingerprint density at radius 3 is 2.15 bits per heavy atom. The van der Waals surface area contributed by atoms with Gasteiger partial charge in [-0.1, -0.05) is 43.6 Å². The van der Waals surface area contributed by atoms with E-state index in [0.29, 0.717) is 41.5 Å². The summed E-state index contributed by atoms with van der Waals surface area (Å²) >= 11 is 5.90. The molecule has 6 nitrogen and oxygen atoms in total. The van der Waals surface area contributed by atoms with Crippen LogP contribution in [0.5, 0.6) is 5.75 Å². The molecule has 8 heteroatoms. The average molecular weight is 487 g/mol. The molecule has 0 aliphatic heterocycles. The number of halogens is 1. The molecule has 0 unspecified atom stereocenters. The van der Waals surface area contributed by atoms with Crippen molar-refractivity contribution in [3.05, 3.63) is 82.4 Å². The molecule has 0 radical (unpaired) electrons. The minimum atomic E-state index is -3.91. The molecule has 0 aromatic heterocycles. The van der Waals surface area contributed by atoms with Crippen LogP contribution in [0.15, 0.2) is 65.6 Å². The summed E-state index contributed by atoms with van der Waals surface area (Å²) in [6.07, 6.45) is 1.38. The number of amides is 1. The maximum atomic E-state index is 13.3. The largest absolute Gasteiger partial charge is 0.492 e. The number of para-hydroxylation sites is 1. The van der Waals surface area contributed by atoms with E-state index in [0.717, 1.165) is 11.1 Å². The summed E-state index contributed by atoms with van der Waals surface area (Å²) in [6.45, 7) is 6.13. The van der Waals surface area contributed by atoms with E-state index in [-0.39, 0.29) is 10.6 Å². The number of rotatable bonds is 9. The first-order chi connectivity index (χ1) is 15.8. The number of hydrogen-bond acceptors (Lipinski definition) is 4. The number of nitrogens with one attached hydrogen (secondary N) is 2. The van der Waals surface area contributed by atoms with Crippen LogP contribution in [0, 0.1) is 0 Å². The monoisotopic (exact) mass is 486 g/mol. The summed E-state index contributed by atoms with van der Waals surface area (Å²) in [5.74, 6) is -0.0262. The number of ether oxygens (including phenoxy) is 1. The lowest BCUT2D eigenvalue weighted by Crippen LogP contribution is -2.17. The lowest BCUT2D eigenvalue weighted by molar-refractivity contribution is 0.102. The fourth-order valence-corrected chi connectivity index (χ4v) is 4.71. The Bertz CT molecular complexity index is 1220. The van der Waals surface area contributed by atoms with E-state index in [2.05, 4.69) is 10.0 Å². The molecular weight excluding hydrogens is 460 g/mol. The van der Waals surface area contributed by atoms with E-state index in [9.17, 15) is 13.2 Å².